The number of halogens is 2. The average Bonchev–Trinajstić information content (AvgIpc) is 2.68. The molecule has 3 rings (SSSR count). The molecule has 0 bridgehead atoms. The molecule has 8 nitrogen and oxygen atoms in total. The maximum Gasteiger partial charge on any atom is 0.243 e. The first-order chi connectivity index (χ1) is 12.8. The fraction of sp³-hybridized carbons (Fsp3) is 0.895. The minimum absolute atomic E-state index is 0. The van der Waals surface area contributed by atoms with E-state index >= 15 is 0 Å². The molecule has 2 aliphatic heterocycles. The van der Waals surface area contributed by atoms with Crippen LogP contribution in [-0.2, 0) is 19.1 Å². The van der Waals surface area contributed by atoms with E-state index in [1.54, 1.807) is 0 Å². The first-order valence-electron chi connectivity index (χ1n) is 10.1. The molecule has 0 spiro atoms. The summed E-state index contributed by atoms with van der Waals surface area (Å²) >= 11 is 0. The quantitative estimate of drug-likeness (QED) is 0.645. The summed E-state index contributed by atoms with van der Waals surface area (Å²) in [5, 5.41) is 0. The molecule has 3 aliphatic rings. The Hall–Kier alpha value is -0.640. The summed E-state index contributed by atoms with van der Waals surface area (Å²) in [7, 11) is 0. The maximum atomic E-state index is 13.1. The number of rotatable bonds is 5. The van der Waals surface area contributed by atoms with E-state index in [2.05, 4.69) is 4.90 Å². The molecular formula is C19H36Cl2N4O4. The van der Waals surface area contributed by atoms with Crippen LogP contribution in [-0.4, -0.2) is 104 Å². The summed E-state index contributed by atoms with van der Waals surface area (Å²) in [4.78, 5) is 31.3. The molecule has 2 unspecified atom stereocenters. The minimum atomic E-state index is -0.862. The van der Waals surface area contributed by atoms with Crippen molar-refractivity contribution >= 4 is 36.6 Å². The molecule has 29 heavy (non-hydrogen) atoms. The lowest BCUT2D eigenvalue weighted by molar-refractivity contribution is -0.180. The van der Waals surface area contributed by atoms with Crippen LogP contribution in [0, 0.1) is 5.41 Å². The third kappa shape index (κ3) is 5.17. The molecule has 170 valence electrons. The maximum absolute atomic E-state index is 13.1. The van der Waals surface area contributed by atoms with Gasteiger partial charge in [0.15, 0.2) is 0 Å². The van der Waals surface area contributed by atoms with Crippen LogP contribution in [0.3, 0.4) is 0 Å². The summed E-state index contributed by atoms with van der Waals surface area (Å²) in [6.07, 6.45) is 0.603. The second kappa shape index (κ2) is 10.6. The van der Waals surface area contributed by atoms with Crippen molar-refractivity contribution in [3.63, 3.8) is 0 Å². The van der Waals surface area contributed by atoms with E-state index in [0.717, 1.165) is 0 Å². The molecule has 2 amide bonds. The van der Waals surface area contributed by atoms with Crippen molar-refractivity contribution in [2.24, 2.45) is 11.1 Å². The number of nitrogens with zero attached hydrogens (tertiary/aromatic N) is 3. The number of carbonyl (C=O) groups excluding carboxylic acids is 2. The van der Waals surface area contributed by atoms with E-state index in [0.29, 0.717) is 72.1 Å². The van der Waals surface area contributed by atoms with Gasteiger partial charge in [0, 0.05) is 57.7 Å². The molecule has 2 atom stereocenters. The molecule has 1 saturated carbocycles. The van der Waals surface area contributed by atoms with Crippen molar-refractivity contribution in [1.82, 2.24) is 14.7 Å². The number of morpholine rings is 1. The van der Waals surface area contributed by atoms with E-state index < -0.39 is 5.54 Å². The Morgan fingerprint density at radius 1 is 1.03 bits per heavy atom. The fourth-order valence-corrected chi connectivity index (χ4v) is 4.29. The molecular weight excluding hydrogens is 419 g/mol. The van der Waals surface area contributed by atoms with Crippen molar-refractivity contribution in [3.8, 4) is 0 Å². The minimum Gasteiger partial charge on any atom is -0.378 e. The van der Waals surface area contributed by atoms with Crippen LogP contribution < -0.4 is 5.73 Å². The van der Waals surface area contributed by atoms with Crippen LogP contribution in [0.5, 0.6) is 0 Å². The van der Waals surface area contributed by atoms with Crippen LogP contribution in [0.4, 0.5) is 0 Å². The Morgan fingerprint density at radius 3 is 2.14 bits per heavy atom. The van der Waals surface area contributed by atoms with Crippen molar-refractivity contribution in [3.05, 3.63) is 0 Å². The number of carbonyl (C=O) groups is 2. The summed E-state index contributed by atoms with van der Waals surface area (Å²) < 4.78 is 11.0. The first kappa shape index (κ1) is 26.4. The summed E-state index contributed by atoms with van der Waals surface area (Å²) in [5.74, 6) is 0.163. The largest absolute Gasteiger partial charge is 0.378 e. The van der Waals surface area contributed by atoms with Crippen LogP contribution in [0.25, 0.3) is 0 Å². The van der Waals surface area contributed by atoms with Crippen LogP contribution in [0.1, 0.15) is 27.2 Å². The number of ether oxygens (including phenoxy) is 2. The van der Waals surface area contributed by atoms with Crippen molar-refractivity contribution in [2.45, 2.75) is 38.8 Å². The van der Waals surface area contributed by atoms with Gasteiger partial charge in [0.1, 0.15) is 5.54 Å². The van der Waals surface area contributed by atoms with Gasteiger partial charge < -0.3 is 25.0 Å². The lowest BCUT2D eigenvalue weighted by Crippen LogP contribution is -2.76. The number of amides is 2. The number of hydrogen-bond donors (Lipinski definition) is 1. The van der Waals surface area contributed by atoms with Gasteiger partial charge in [0.2, 0.25) is 11.8 Å². The van der Waals surface area contributed by atoms with Gasteiger partial charge in [-0.1, -0.05) is 13.8 Å². The van der Waals surface area contributed by atoms with E-state index in [1.807, 2.05) is 30.6 Å². The average molecular weight is 455 g/mol. The topological polar surface area (TPSA) is 88.3 Å². The molecule has 2 heterocycles. The van der Waals surface area contributed by atoms with Crippen LogP contribution >= 0.6 is 24.8 Å². The zero-order valence-corrected chi connectivity index (χ0v) is 19.4. The Labute approximate surface area is 186 Å². The highest BCUT2D eigenvalue weighted by Gasteiger charge is 2.63. The van der Waals surface area contributed by atoms with Gasteiger partial charge in [-0.2, -0.15) is 0 Å². The smallest absolute Gasteiger partial charge is 0.243 e. The molecule has 10 heteroatoms. The summed E-state index contributed by atoms with van der Waals surface area (Å²) in [6.45, 7) is 12.3. The second-order valence-corrected chi connectivity index (χ2v) is 8.40. The fourth-order valence-electron chi connectivity index (χ4n) is 4.29. The third-order valence-corrected chi connectivity index (χ3v) is 6.59. The van der Waals surface area contributed by atoms with Gasteiger partial charge in [-0.25, -0.2) is 0 Å². The number of hydrogen-bond acceptors (Lipinski definition) is 6. The highest BCUT2D eigenvalue weighted by Crippen LogP contribution is 2.50. The Kier molecular flexibility index (Phi) is 9.64. The zero-order chi connectivity index (χ0) is 19.7. The Bertz CT molecular complexity index is 566. The van der Waals surface area contributed by atoms with Crippen molar-refractivity contribution in [2.75, 3.05) is 65.6 Å². The summed E-state index contributed by atoms with van der Waals surface area (Å²) in [6, 6.07) is 0. The SMILES string of the molecule is CCOC1CC(N)(C(=O)N2CCN(CC(=O)N3CCOCC3)CC2)C1(C)C.Cl.Cl. The summed E-state index contributed by atoms with van der Waals surface area (Å²) in [5.41, 5.74) is 5.30. The van der Waals surface area contributed by atoms with Crippen LogP contribution in [0.15, 0.2) is 0 Å². The van der Waals surface area contributed by atoms with Gasteiger partial charge in [0.25, 0.3) is 0 Å². The monoisotopic (exact) mass is 454 g/mol. The number of piperazine rings is 1. The molecule has 1 aliphatic carbocycles. The van der Waals surface area contributed by atoms with E-state index in [4.69, 9.17) is 15.2 Å². The Morgan fingerprint density at radius 2 is 1.62 bits per heavy atom. The molecule has 0 aromatic rings. The molecule has 2 N–H and O–H groups in total. The van der Waals surface area contributed by atoms with E-state index in [1.165, 1.54) is 0 Å². The molecule has 3 fully saturated rings. The van der Waals surface area contributed by atoms with E-state index in [-0.39, 0.29) is 48.1 Å². The Balaban J connectivity index is 0.00000210. The van der Waals surface area contributed by atoms with Gasteiger partial charge in [-0.3, -0.25) is 14.5 Å². The zero-order valence-electron chi connectivity index (χ0n) is 17.7. The number of nitrogens with two attached hydrogens (primary N) is 1. The predicted octanol–water partition coefficient (Wildman–Crippen LogP) is 0.366. The van der Waals surface area contributed by atoms with Gasteiger partial charge in [0.05, 0.1) is 25.9 Å². The molecule has 2 saturated heterocycles. The lowest BCUT2D eigenvalue weighted by Gasteiger charge is -2.59. The van der Waals surface area contributed by atoms with Crippen molar-refractivity contribution in [1.29, 1.82) is 0 Å². The molecule has 0 aromatic heterocycles. The van der Waals surface area contributed by atoms with Gasteiger partial charge in [-0.05, 0) is 6.92 Å². The van der Waals surface area contributed by atoms with E-state index in [9.17, 15) is 9.59 Å². The highest BCUT2D eigenvalue weighted by atomic mass is 35.5. The standard InChI is InChI=1S/C19H34N4O4.2ClH/c1-4-27-15-13-19(20,18(15,2)3)17(25)23-7-5-21(6-8-23)14-16(24)22-9-11-26-12-10-22;;/h15H,4-14,20H2,1-3H3;2*1H. The molecule has 0 aromatic carbocycles. The van der Waals surface area contributed by atoms with Gasteiger partial charge >= 0.3 is 0 Å². The van der Waals surface area contributed by atoms with Crippen LogP contribution in [0.2, 0.25) is 0 Å². The third-order valence-electron chi connectivity index (χ3n) is 6.59. The highest BCUT2D eigenvalue weighted by molar-refractivity contribution is 5.89. The lowest BCUT2D eigenvalue weighted by atomic mass is 9.54. The normalized spacial score (nSPS) is 29.3. The predicted molar refractivity (Wildman–Crippen MR) is 116 cm³/mol. The van der Waals surface area contributed by atoms with Gasteiger partial charge in [-0.15, -0.1) is 24.8 Å². The second-order valence-electron chi connectivity index (χ2n) is 8.40. The van der Waals surface area contributed by atoms with Crippen molar-refractivity contribution < 1.29 is 19.1 Å². The molecule has 0 radical (unpaired) electrons. The first-order valence-corrected chi connectivity index (χ1v) is 10.1.